The molecule has 1 aromatic rings. The van der Waals surface area contributed by atoms with Crippen LogP contribution in [0.1, 0.15) is 25.3 Å². The second kappa shape index (κ2) is 9.10. The van der Waals surface area contributed by atoms with E-state index in [0.717, 1.165) is 18.7 Å². The molecule has 2 rings (SSSR count). The molecular formula is C18H25N3O2. The molecule has 1 saturated carbocycles. The summed E-state index contributed by atoms with van der Waals surface area (Å²) in [7, 11) is 0. The maximum Gasteiger partial charge on any atom is 0.244 e. The Labute approximate surface area is 137 Å². The highest BCUT2D eigenvalue weighted by atomic mass is 16.2. The van der Waals surface area contributed by atoms with Gasteiger partial charge in [0.15, 0.2) is 0 Å². The molecule has 1 aliphatic carbocycles. The van der Waals surface area contributed by atoms with E-state index in [1.807, 2.05) is 30.3 Å². The van der Waals surface area contributed by atoms with Gasteiger partial charge in [-0.1, -0.05) is 37.3 Å². The van der Waals surface area contributed by atoms with Crippen molar-refractivity contribution in [2.75, 3.05) is 26.2 Å². The van der Waals surface area contributed by atoms with Crippen LogP contribution in [0.3, 0.4) is 0 Å². The summed E-state index contributed by atoms with van der Waals surface area (Å²) < 4.78 is 0. The molecule has 124 valence electrons. The van der Waals surface area contributed by atoms with E-state index < -0.39 is 0 Å². The van der Waals surface area contributed by atoms with Gasteiger partial charge in [-0.3, -0.25) is 14.5 Å². The van der Waals surface area contributed by atoms with Crippen LogP contribution in [0.2, 0.25) is 0 Å². The van der Waals surface area contributed by atoms with Gasteiger partial charge in [0.2, 0.25) is 11.8 Å². The van der Waals surface area contributed by atoms with E-state index in [-0.39, 0.29) is 18.4 Å². The van der Waals surface area contributed by atoms with Crippen molar-refractivity contribution < 1.29 is 9.59 Å². The van der Waals surface area contributed by atoms with E-state index >= 15 is 0 Å². The van der Waals surface area contributed by atoms with Crippen LogP contribution in [-0.2, 0) is 9.59 Å². The number of rotatable bonds is 9. The third kappa shape index (κ3) is 6.65. The molecule has 0 aliphatic heterocycles. The van der Waals surface area contributed by atoms with Crippen LogP contribution >= 0.6 is 0 Å². The van der Waals surface area contributed by atoms with Gasteiger partial charge in [-0.15, -0.1) is 0 Å². The summed E-state index contributed by atoms with van der Waals surface area (Å²) in [6.07, 6.45) is 5.70. The zero-order valence-electron chi connectivity index (χ0n) is 13.6. The largest absolute Gasteiger partial charge is 0.353 e. The summed E-state index contributed by atoms with van der Waals surface area (Å²) >= 11 is 0. The Hall–Kier alpha value is -2.14. The fourth-order valence-corrected chi connectivity index (χ4v) is 2.40. The summed E-state index contributed by atoms with van der Waals surface area (Å²) in [5.41, 5.74) is 0.951. The number of benzene rings is 1. The van der Waals surface area contributed by atoms with Gasteiger partial charge >= 0.3 is 0 Å². The third-order valence-electron chi connectivity index (χ3n) is 3.84. The van der Waals surface area contributed by atoms with Crippen LogP contribution < -0.4 is 10.6 Å². The molecule has 0 aromatic heterocycles. The number of nitrogens with zero attached hydrogens (tertiary/aromatic N) is 1. The standard InChI is InChI=1S/C18H25N3O2/c1-2-21(16-9-10-16)13-12-19-18(23)14-20-17(22)11-8-15-6-4-3-5-7-15/h3-8,11,16H,2,9-10,12-14H2,1H3,(H,19,23)(H,20,22). The molecule has 1 aromatic carbocycles. The molecule has 0 atom stereocenters. The van der Waals surface area contributed by atoms with Gasteiger partial charge in [0.1, 0.15) is 0 Å². The lowest BCUT2D eigenvalue weighted by molar-refractivity contribution is -0.123. The first-order chi connectivity index (χ1) is 11.2. The summed E-state index contributed by atoms with van der Waals surface area (Å²) in [6, 6.07) is 10.3. The van der Waals surface area contributed by atoms with Crippen molar-refractivity contribution in [2.45, 2.75) is 25.8 Å². The molecule has 0 spiro atoms. The van der Waals surface area contributed by atoms with Crippen LogP contribution in [0.5, 0.6) is 0 Å². The van der Waals surface area contributed by atoms with Crippen LogP contribution in [0.15, 0.2) is 36.4 Å². The van der Waals surface area contributed by atoms with Crippen molar-refractivity contribution in [3.8, 4) is 0 Å². The Morgan fingerprint density at radius 2 is 1.96 bits per heavy atom. The van der Waals surface area contributed by atoms with E-state index in [4.69, 9.17) is 0 Å². The predicted octanol–water partition coefficient (Wildman–Crippen LogP) is 1.42. The molecule has 0 radical (unpaired) electrons. The summed E-state index contributed by atoms with van der Waals surface area (Å²) in [6.45, 7) is 4.65. The molecule has 2 N–H and O–H groups in total. The topological polar surface area (TPSA) is 61.4 Å². The highest BCUT2D eigenvalue weighted by Gasteiger charge is 2.27. The Bertz CT molecular complexity index is 538. The first-order valence-electron chi connectivity index (χ1n) is 8.20. The number of nitrogens with one attached hydrogen (secondary N) is 2. The van der Waals surface area contributed by atoms with Crippen LogP contribution in [0.25, 0.3) is 6.08 Å². The summed E-state index contributed by atoms with van der Waals surface area (Å²) in [4.78, 5) is 25.7. The van der Waals surface area contributed by atoms with Gasteiger partial charge < -0.3 is 10.6 Å². The third-order valence-corrected chi connectivity index (χ3v) is 3.84. The number of hydrogen-bond donors (Lipinski definition) is 2. The molecule has 23 heavy (non-hydrogen) atoms. The van der Waals surface area contributed by atoms with Crippen molar-refractivity contribution in [3.63, 3.8) is 0 Å². The zero-order chi connectivity index (χ0) is 16.5. The second-order valence-electron chi connectivity index (χ2n) is 5.67. The Morgan fingerprint density at radius 1 is 1.22 bits per heavy atom. The van der Waals surface area contributed by atoms with Gasteiger partial charge in [-0.25, -0.2) is 0 Å². The smallest absolute Gasteiger partial charge is 0.244 e. The Kier molecular flexibility index (Phi) is 6.81. The van der Waals surface area contributed by atoms with Crippen molar-refractivity contribution in [1.29, 1.82) is 0 Å². The molecule has 1 fully saturated rings. The van der Waals surface area contributed by atoms with Crippen LogP contribution in [-0.4, -0.2) is 48.9 Å². The van der Waals surface area contributed by atoms with E-state index in [9.17, 15) is 9.59 Å². The zero-order valence-corrected chi connectivity index (χ0v) is 13.6. The number of hydrogen-bond acceptors (Lipinski definition) is 3. The number of likely N-dealkylation sites (N-methyl/N-ethyl adjacent to an activating group) is 1. The minimum absolute atomic E-state index is 0.00746. The van der Waals surface area contributed by atoms with Crippen LogP contribution in [0, 0.1) is 0 Å². The number of amides is 2. The molecular weight excluding hydrogens is 290 g/mol. The molecule has 1 aliphatic rings. The average molecular weight is 315 g/mol. The lowest BCUT2D eigenvalue weighted by atomic mass is 10.2. The lowest BCUT2D eigenvalue weighted by Gasteiger charge is -2.19. The van der Waals surface area contributed by atoms with Gasteiger partial charge in [0.05, 0.1) is 6.54 Å². The minimum Gasteiger partial charge on any atom is -0.353 e. The summed E-state index contributed by atoms with van der Waals surface area (Å²) in [5.74, 6) is -0.421. The molecule has 2 amide bonds. The molecule has 5 nitrogen and oxygen atoms in total. The van der Waals surface area contributed by atoms with Crippen LogP contribution in [0.4, 0.5) is 0 Å². The van der Waals surface area contributed by atoms with E-state index in [1.165, 1.54) is 18.9 Å². The molecule has 5 heteroatoms. The highest BCUT2D eigenvalue weighted by Crippen LogP contribution is 2.25. The molecule has 0 unspecified atom stereocenters. The molecule has 0 saturated heterocycles. The van der Waals surface area contributed by atoms with E-state index in [1.54, 1.807) is 6.08 Å². The van der Waals surface area contributed by atoms with E-state index in [2.05, 4.69) is 22.5 Å². The summed E-state index contributed by atoms with van der Waals surface area (Å²) in [5, 5.41) is 5.43. The minimum atomic E-state index is -0.267. The van der Waals surface area contributed by atoms with E-state index in [0.29, 0.717) is 12.6 Å². The van der Waals surface area contributed by atoms with Gasteiger partial charge in [0, 0.05) is 25.2 Å². The quantitative estimate of drug-likeness (QED) is 0.678. The SMILES string of the molecule is CCN(CCNC(=O)CNC(=O)C=Cc1ccccc1)C1CC1. The van der Waals surface area contributed by atoms with Gasteiger partial charge in [-0.2, -0.15) is 0 Å². The number of carbonyl (C=O) groups excluding carboxylic acids is 2. The maximum absolute atomic E-state index is 11.7. The molecule has 0 heterocycles. The maximum atomic E-state index is 11.7. The second-order valence-corrected chi connectivity index (χ2v) is 5.67. The van der Waals surface area contributed by atoms with Crippen molar-refractivity contribution >= 4 is 17.9 Å². The Morgan fingerprint density at radius 3 is 2.61 bits per heavy atom. The van der Waals surface area contributed by atoms with Crippen molar-refractivity contribution in [1.82, 2.24) is 15.5 Å². The normalized spacial score (nSPS) is 14.2. The predicted molar refractivity (Wildman–Crippen MR) is 91.8 cm³/mol. The fraction of sp³-hybridized carbons (Fsp3) is 0.444. The molecule has 0 bridgehead atoms. The van der Waals surface area contributed by atoms with Crippen molar-refractivity contribution in [3.05, 3.63) is 42.0 Å². The first-order valence-corrected chi connectivity index (χ1v) is 8.20. The highest BCUT2D eigenvalue weighted by molar-refractivity contribution is 5.94. The van der Waals surface area contributed by atoms with Gasteiger partial charge in [0.25, 0.3) is 0 Å². The lowest BCUT2D eigenvalue weighted by Crippen LogP contribution is -2.40. The Balaban J connectivity index is 1.60. The average Bonchev–Trinajstić information content (AvgIpc) is 3.41. The fourth-order valence-electron chi connectivity index (χ4n) is 2.40. The van der Waals surface area contributed by atoms with Crippen molar-refractivity contribution in [2.24, 2.45) is 0 Å². The van der Waals surface area contributed by atoms with Gasteiger partial charge in [-0.05, 0) is 31.0 Å². The number of carbonyl (C=O) groups is 2. The monoisotopic (exact) mass is 315 g/mol. The first kappa shape index (κ1) is 17.2.